The third kappa shape index (κ3) is 5.54. The molecule has 1 amide bonds. The van der Waals surface area contributed by atoms with E-state index in [0.29, 0.717) is 12.1 Å². The Kier molecular flexibility index (Phi) is 8.30. The Bertz CT molecular complexity index is 919. The number of likely N-dealkylation sites (N-methyl/N-ethyl adjacent to an activating group) is 1. The molecule has 2 rings (SSSR count). The van der Waals surface area contributed by atoms with E-state index in [9.17, 15) is 18.3 Å². The zero-order chi connectivity index (χ0) is 22.5. The van der Waals surface area contributed by atoms with Crippen LogP contribution < -0.4 is 4.74 Å². The highest BCUT2D eigenvalue weighted by Crippen LogP contribution is 2.34. The molecule has 1 aromatic carbocycles. The minimum atomic E-state index is -3.88. The van der Waals surface area contributed by atoms with Gasteiger partial charge >= 0.3 is 0 Å². The second-order valence-corrected chi connectivity index (χ2v) is 9.71. The van der Waals surface area contributed by atoms with Gasteiger partial charge in [-0.3, -0.25) is 4.79 Å². The monoisotopic (exact) mass is 436 g/mol. The number of unbranched alkanes of at least 4 members (excludes halogenated alkanes) is 1. The van der Waals surface area contributed by atoms with E-state index < -0.39 is 22.2 Å². The molecule has 8 heteroatoms. The first-order valence-corrected chi connectivity index (χ1v) is 11.7. The van der Waals surface area contributed by atoms with Gasteiger partial charge in [-0.2, -0.15) is 4.31 Å². The molecule has 1 aliphatic rings. The number of hydrogen-bond acceptors (Lipinski definition) is 5. The van der Waals surface area contributed by atoms with Gasteiger partial charge in [0, 0.05) is 44.5 Å². The second-order valence-electron chi connectivity index (χ2n) is 7.85. The number of fused-ring (bicyclic) bond motifs is 1. The Hall–Kier alpha value is -2.08. The van der Waals surface area contributed by atoms with E-state index in [2.05, 4.69) is 11.8 Å². The molecule has 0 unspecified atom stereocenters. The molecule has 30 heavy (non-hydrogen) atoms. The Morgan fingerprint density at radius 2 is 2.13 bits per heavy atom. The Labute approximate surface area is 180 Å². The maximum Gasteiger partial charge on any atom is 0.247 e. The SMILES string of the molecule is CCCC#Cc1ccc2c(c1)O[C@H](CN(C)C(C)=O)[C@H](C)CN([C@H](C)CO)S2(=O)=O. The molecule has 0 aliphatic carbocycles. The van der Waals surface area contributed by atoms with Gasteiger partial charge in [-0.1, -0.05) is 25.7 Å². The summed E-state index contributed by atoms with van der Waals surface area (Å²) < 4.78 is 34.2. The van der Waals surface area contributed by atoms with Gasteiger partial charge in [0.15, 0.2) is 0 Å². The lowest BCUT2D eigenvalue weighted by atomic mass is 10.0. The standard InChI is InChI=1S/C22H32N2O5S/c1-6-7-8-9-19-10-11-22-20(12-19)29-21(14-23(5)18(4)26)16(2)13-24(17(3)15-25)30(22,27)28/h10-12,16-17,21,25H,6-7,13-15H2,1-5H3/t16-,17-,21-/m1/s1. The minimum Gasteiger partial charge on any atom is -0.487 e. The van der Waals surface area contributed by atoms with Gasteiger partial charge in [0.05, 0.1) is 13.2 Å². The van der Waals surface area contributed by atoms with Gasteiger partial charge in [-0.05, 0) is 31.5 Å². The summed E-state index contributed by atoms with van der Waals surface area (Å²) in [7, 11) is -2.19. The molecule has 0 saturated carbocycles. The Balaban J connectivity index is 2.57. The number of benzene rings is 1. The van der Waals surface area contributed by atoms with E-state index in [-0.39, 0.29) is 35.6 Å². The van der Waals surface area contributed by atoms with Crippen molar-refractivity contribution in [2.24, 2.45) is 5.92 Å². The van der Waals surface area contributed by atoms with Crippen LogP contribution in [0, 0.1) is 17.8 Å². The number of carbonyl (C=O) groups is 1. The molecule has 0 spiro atoms. The lowest BCUT2D eigenvalue weighted by Crippen LogP contribution is -2.50. The van der Waals surface area contributed by atoms with E-state index >= 15 is 0 Å². The number of aliphatic hydroxyl groups is 1. The van der Waals surface area contributed by atoms with Crippen LogP contribution in [0.5, 0.6) is 5.75 Å². The molecule has 7 nitrogen and oxygen atoms in total. The highest BCUT2D eigenvalue weighted by atomic mass is 32.2. The highest BCUT2D eigenvalue weighted by Gasteiger charge is 2.38. The summed E-state index contributed by atoms with van der Waals surface area (Å²) >= 11 is 0. The predicted octanol–water partition coefficient (Wildman–Crippen LogP) is 2.09. The molecule has 0 radical (unpaired) electrons. The minimum absolute atomic E-state index is 0.0474. The third-order valence-corrected chi connectivity index (χ3v) is 7.29. The molecule has 0 saturated heterocycles. The fourth-order valence-electron chi connectivity index (χ4n) is 3.21. The number of rotatable bonds is 5. The van der Waals surface area contributed by atoms with Crippen molar-refractivity contribution in [1.82, 2.24) is 9.21 Å². The zero-order valence-corrected chi connectivity index (χ0v) is 19.2. The number of hydrogen-bond donors (Lipinski definition) is 1. The first-order chi connectivity index (χ1) is 14.1. The third-order valence-electron chi connectivity index (χ3n) is 5.27. The summed E-state index contributed by atoms with van der Waals surface area (Å²) in [5, 5.41) is 9.66. The molecular weight excluding hydrogens is 404 g/mol. The van der Waals surface area contributed by atoms with Gasteiger partial charge in [-0.15, -0.1) is 0 Å². The van der Waals surface area contributed by atoms with E-state index in [4.69, 9.17) is 4.74 Å². The fourth-order valence-corrected chi connectivity index (χ4v) is 5.04. The molecular formula is C22H32N2O5S. The van der Waals surface area contributed by atoms with Crippen LogP contribution in [0.15, 0.2) is 23.1 Å². The second kappa shape index (κ2) is 10.3. The smallest absolute Gasteiger partial charge is 0.247 e. The van der Waals surface area contributed by atoms with Crippen molar-refractivity contribution in [1.29, 1.82) is 0 Å². The van der Waals surface area contributed by atoms with Crippen molar-refractivity contribution in [2.75, 3.05) is 26.7 Å². The molecule has 0 aromatic heterocycles. The lowest BCUT2D eigenvalue weighted by Gasteiger charge is -2.37. The molecule has 0 fully saturated rings. The van der Waals surface area contributed by atoms with Gasteiger partial charge in [0.2, 0.25) is 15.9 Å². The zero-order valence-electron chi connectivity index (χ0n) is 18.4. The van der Waals surface area contributed by atoms with E-state index in [1.54, 1.807) is 31.0 Å². The Morgan fingerprint density at radius 1 is 1.43 bits per heavy atom. The number of amides is 1. The molecule has 1 aliphatic heterocycles. The molecule has 1 heterocycles. The number of ether oxygens (including phenoxy) is 1. The van der Waals surface area contributed by atoms with Crippen LogP contribution in [-0.2, 0) is 14.8 Å². The summed E-state index contributed by atoms with van der Waals surface area (Å²) in [6.07, 6.45) is 1.27. The Morgan fingerprint density at radius 3 is 2.73 bits per heavy atom. The van der Waals surface area contributed by atoms with Crippen LogP contribution in [0.3, 0.4) is 0 Å². The maximum absolute atomic E-state index is 13.4. The molecule has 1 N–H and O–H groups in total. The first kappa shape index (κ1) is 24.2. The van der Waals surface area contributed by atoms with Crippen molar-refractivity contribution in [3.05, 3.63) is 23.8 Å². The average molecular weight is 437 g/mol. The van der Waals surface area contributed by atoms with Gasteiger partial charge in [-0.25, -0.2) is 8.42 Å². The van der Waals surface area contributed by atoms with Crippen molar-refractivity contribution in [3.8, 4) is 17.6 Å². The van der Waals surface area contributed by atoms with Crippen LogP contribution in [0.2, 0.25) is 0 Å². The average Bonchev–Trinajstić information content (AvgIpc) is 2.70. The lowest BCUT2D eigenvalue weighted by molar-refractivity contribution is -0.129. The van der Waals surface area contributed by atoms with Crippen molar-refractivity contribution in [2.45, 2.75) is 57.6 Å². The van der Waals surface area contributed by atoms with Gasteiger partial charge in [0.1, 0.15) is 16.7 Å². The number of sulfonamides is 1. The predicted molar refractivity (Wildman–Crippen MR) is 116 cm³/mol. The molecule has 1 aromatic rings. The summed E-state index contributed by atoms with van der Waals surface area (Å²) in [4.78, 5) is 13.4. The van der Waals surface area contributed by atoms with Crippen molar-refractivity contribution < 1.29 is 23.1 Å². The normalized spacial score (nSPS) is 21.8. The van der Waals surface area contributed by atoms with E-state index in [0.717, 1.165) is 12.8 Å². The van der Waals surface area contributed by atoms with Crippen molar-refractivity contribution in [3.63, 3.8) is 0 Å². The van der Waals surface area contributed by atoms with Crippen LogP contribution in [0.1, 0.15) is 46.1 Å². The van der Waals surface area contributed by atoms with E-state index in [1.165, 1.54) is 17.3 Å². The van der Waals surface area contributed by atoms with Crippen LogP contribution in [0.4, 0.5) is 0 Å². The van der Waals surface area contributed by atoms with Gasteiger partial charge < -0.3 is 14.7 Å². The summed E-state index contributed by atoms with van der Waals surface area (Å²) in [6, 6.07) is 4.25. The van der Waals surface area contributed by atoms with E-state index in [1.807, 2.05) is 13.8 Å². The topological polar surface area (TPSA) is 87.2 Å². The molecule has 166 valence electrons. The number of aliphatic hydroxyl groups excluding tert-OH is 1. The van der Waals surface area contributed by atoms with Gasteiger partial charge in [0.25, 0.3) is 0 Å². The fraction of sp³-hybridized carbons (Fsp3) is 0.591. The summed E-state index contributed by atoms with van der Waals surface area (Å²) in [6.45, 7) is 7.30. The van der Waals surface area contributed by atoms with Crippen LogP contribution in [0.25, 0.3) is 0 Å². The molecule has 3 atom stereocenters. The number of carbonyl (C=O) groups excluding carboxylic acids is 1. The molecule has 0 bridgehead atoms. The highest BCUT2D eigenvalue weighted by molar-refractivity contribution is 7.89. The summed E-state index contributed by atoms with van der Waals surface area (Å²) in [5.74, 6) is 6.02. The first-order valence-electron chi connectivity index (χ1n) is 10.3. The summed E-state index contributed by atoms with van der Waals surface area (Å²) in [5.41, 5.74) is 0.672. The van der Waals surface area contributed by atoms with Crippen LogP contribution >= 0.6 is 0 Å². The number of nitrogens with zero attached hydrogens (tertiary/aromatic N) is 2. The van der Waals surface area contributed by atoms with Crippen molar-refractivity contribution >= 4 is 15.9 Å². The maximum atomic E-state index is 13.4. The van der Waals surface area contributed by atoms with Crippen LogP contribution in [-0.4, -0.2) is 67.5 Å². The largest absolute Gasteiger partial charge is 0.487 e. The quantitative estimate of drug-likeness (QED) is 0.714.